The number of benzene rings is 1. The third-order valence-electron chi connectivity index (χ3n) is 2.52. The molecule has 2 rings (SSSR count). The summed E-state index contributed by atoms with van der Waals surface area (Å²) in [7, 11) is 0. The lowest BCUT2D eigenvalue weighted by molar-refractivity contribution is 0.172. The fourth-order valence-electron chi connectivity index (χ4n) is 1.65. The highest BCUT2D eigenvalue weighted by molar-refractivity contribution is 9.10. The highest BCUT2D eigenvalue weighted by Gasteiger charge is 2.15. The van der Waals surface area contributed by atoms with E-state index in [4.69, 9.17) is 11.6 Å². The molecular formula is C13H10BrClFNO. The van der Waals surface area contributed by atoms with Gasteiger partial charge in [-0.2, -0.15) is 0 Å². The molecule has 0 saturated carbocycles. The van der Waals surface area contributed by atoms with Crippen LogP contribution in [0.5, 0.6) is 0 Å². The van der Waals surface area contributed by atoms with E-state index in [2.05, 4.69) is 20.9 Å². The summed E-state index contributed by atoms with van der Waals surface area (Å²) in [4.78, 5) is 4.09. The quantitative estimate of drug-likeness (QED) is 0.925. The first-order chi connectivity index (χ1) is 8.58. The number of hydrogen-bond acceptors (Lipinski definition) is 2. The van der Waals surface area contributed by atoms with Gasteiger partial charge in [-0.1, -0.05) is 11.6 Å². The number of aromatic nitrogens is 1. The maximum Gasteiger partial charge on any atom is 0.123 e. The fourth-order valence-corrected chi connectivity index (χ4v) is 2.36. The lowest BCUT2D eigenvalue weighted by Crippen LogP contribution is -2.05. The molecule has 1 atom stereocenters. The summed E-state index contributed by atoms with van der Waals surface area (Å²) in [5, 5.41) is 10.5. The molecular weight excluding hydrogens is 321 g/mol. The number of nitrogens with zero attached hydrogens (tertiary/aromatic N) is 1. The zero-order valence-corrected chi connectivity index (χ0v) is 11.6. The van der Waals surface area contributed by atoms with E-state index in [0.717, 1.165) is 0 Å². The Balaban J connectivity index is 2.24. The minimum atomic E-state index is -0.833. The van der Waals surface area contributed by atoms with Crippen molar-refractivity contribution in [2.24, 2.45) is 0 Å². The van der Waals surface area contributed by atoms with Gasteiger partial charge in [0.05, 0.1) is 5.69 Å². The Labute approximate surface area is 118 Å². The summed E-state index contributed by atoms with van der Waals surface area (Å²) in [6, 6.07) is 7.64. The third kappa shape index (κ3) is 3.07. The Kier molecular flexibility index (Phi) is 4.32. The minimum Gasteiger partial charge on any atom is -0.386 e. The van der Waals surface area contributed by atoms with Crippen molar-refractivity contribution in [3.05, 3.63) is 63.1 Å². The van der Waals surface area contributed by atoms with E-state index in [0.29, 0.717) is 20.8 Å². The van der Waals surface area contributed by atoms with Crippen molar-refractivity contribution in [1.82, 2.24) is 4.98 Å². The molecule has 1 heterocycles. The van der Waals surface area contributed by atoms with Crippen LogP contribution in [-0.4, -0.2) is 10.1 Å². The van der Waals surface area contributed by atoms with Crippen molar-refractivity contribution in [3.8, 4) is 0 Å². The zero-order valence-electron chi connectivity index (χ0n) is 9.28. The maximum atomic E-state index is 13.1. The summed E-state index contributed by atoms with van der Waals surface area (Å²) >= 11 is 9.27. The van der Waals surface area contributed by atoms with E-state index in [1.165, 1.54) is 18.2 Å². The lowest BCUT2D eigenvalue weighted by atomic mass is 10.1. The average Bonchev–Trinajstić information content (AvgIpc) is 2.34. The van der Waals surface area contributed by atoms with Gasteiger partial charge in [-0.15, -0.1) is 0 Å². The Morgan fingerprint density at radius 3 is 2.89 bits per heavy atom. The topological polar surface area (TPSA) is 33.1 Å². The highest BCUT2D eigenvalue weighted by atomic mass is 79.9. The molecule has 0 radical (unpaired) electrons. The summed E-state index contributed by atoms with van der Waals surface area (Å²) < 4.78 is 13.8. The van der Waals surface area contributed by atoms with Gasteiger partial charge >= 0.3 is 0 Å². The Morgan fingerprint density at radius 1 is 1.39 bits per heavy atom. The molecule has 0 aliphatic carbocycles. The molecule has 1 unspecified atom stereocenters. The van der Waals surface area contributed by atoms with Crippen LogP contribution in [0.1, 0.15) is 17.4 Å². The molecule has 5 heteroatoms. The number of pyridine rings is 1. The SMILES string of the molecule is OC(Cc1cc(F)ccc1Cl)c1ncccc1Br. The van der Waals surface area contributed by atoms with Gasteiger partial charge in [0, 0.05) is 22.1 Å². The molecule has 1 aromatic heterocycles. The number of hydrogen-bond donors (Lipinski definition) is 1. The smallest absolute Gasteiger partial charge is 0.123 e. The second kappa shape index (κ2) is 5.78. The molecule has 0 saturated heterocycles. The normalized spacial score (nSPS) is 12.4. The molecule has 2 aromatic rings. The number of rotatable bonds is 3. The molecule has 0 fully saturated rings. The van der Waals surface area contributed by atoms with Gasteiger partial charge in [0.2, 0.25) is 0 Å². The molecule has 2 nitrogen and oxygen atoms in total. The van der Waals surface area contributed by atoms with Crippen LogP contribution >= 0.6 is 27.5 Å². The van der Waals surface area contributed by atoms with Crippen molar-refractivity contribution in [1.29, 1.82) is 0 Å². The van der Waals surface area contributed by atoms with E-state index < -0.39 is 6.10 Å². The second-order valence-electron chi connectivity index (χ2n) is 3.83. The zero-order chi connectivity index (χ0) is 13.1. The van der Waals surface area contributed by atoms with Crippen molar-refractivity contribution < 1.29 is 9.50 Å². The van der Waals surface area contributed by atoms with Gasteiger partial charge in [-0.25, -0.2) is 4.39 Å². The number of halogens is 3. The van der Waals surface area contributed by atoms with E-state index in [1.54, 1.807) is 18.3 Å². The lowest BCUT2D eigenvalue weighted by Gasteiger charge is -2.12. The summed E-state index contributed by atoms with van der Waals surface area (Å²) in [5.41, 5.74) is 1.07. The Hall–Kier alpha value is -0.970. The first kappa shape index (κ1) is 13.5. The van der Waals surface area contributed by atoms with Crippen molar-refractivity contribution >= 4 is 27.5 Å². The van der Waals surface area contributed by atoms with Crippen molar-refractivity contribution in [3.63, 3.8) is 0 Å². The van der Waals surface area contributed by atoms with Gasteiger partial charge < -0.3 is 5.11 Å². The molecule has 94 valence electrons. The van der Waals surface area contributed by atoms with Gasteiger partial charge in [0.15, 0.2) is 0 Å². The van der Waals surface area contributed by atoms with Gasteiger partial charge in [-0.05, 0) is 51.8 Å². The first-order valence-corrected chi connectivity index (χ1v) is 6.47. The van der Waals surface area contributed by atoms with E-state index in [9.17, 15) is 9.50 Å². The first-order valence-electron chi connectivity index (χ1n) is 5.30. The number of aliphatic hydroxyl groups is 1. The van der Waals surface area contributed by atoms with Crippen molar-refractivity contribution in [2.45, 2.75) is 12.5 Å². The van der Waals surface area contributed by atoms with Crippen LogP contribution in [0.2, 0.25) is 5.02 Å². The predicted octanol–water partition coefficient (Wildman–Crippen LogP) is 3.91. The molecule has 0 amide bonds. The largest absolute Gasteiger partial charge is 0.386 e. The summed E-state index contributed by atoms with van der Waals surface area (Å²) in [6.07, 6.45) is 0.975. The Bertz CT molecular complexity index is 564. The predicted molar refractivity (Wildman–Crippen MR) is 72.0 cm³/mol. The van der Waals surface area contributed by atoms with Crippen LogP contribution < -0.4 is 0 Å². The van der Waals surface area contributed by atoms with E-state index in [1.807, 2.05) is 0 Å². The summed E-state index contributed by atoms with van der Waals surface area (Å²) in [6.45, 7) is 0. The van der Waals surface area contributed by atoms with Gasteiger partial charge in [0.25, 0.3) is 0 Å². The van der Waals surface area contributed by atoms with Crippen LogP contribution in [0.3, 0.4) is 0 Å². The van der Waals surface area contributed by atoms with Crippen LogP contribution in [-0.2, 0) is 6.42 Å². The molecule has 0 spiro atoms. The highest BCUT2D eigenvalue weighted by Crippen LogP contribution is 2.27. The molecule has 0 aliphatic heterocycles. The monoisotopic (exact) mass is 329 g/mol. The van der Waals surface area contributed by atoms with Gasteiger partial charge in [0.1, 0.15) is 11.9 Å². The van der Waals surface area contributed by atoms with E-state index >= 15 is 0 Å². The van der Waals surface area contributed by atoms with Crippen LogP contribution in [0.4, 0.5) is 4.39 Å². The second-order valence-corrected chi connectivity index (χ2v) is 5.09. The summed E-state index contributed by atoms with van der Waals surface area (Å²) in [5.74, 6) is -0.373. The third-order valence-corrected chi connectivity index (χ3v) is 3.56. The van der Waals surface area contributed by atoms with Gasteiger partial charge in [-0.3, -0.25) is 4.98 Å². The Morgan fingerprint density at radius 2 is 2.17 bits per heavy atom. The number of aliphatic hydroxyl groups excluding tert-OH is 1. The van der Waals surface area contributed by atoms with Crippen molar-refractivity contribution in [2.75, 3.05) is 0 Å². The van der Waals surface area contributed by atoms with Crippen LogP contribution in [0.25, 0.3) is 0 Å². The molecule has 18 heavy (non-hydrogen) atoms. The molecule has 0 bridgehead atoms. The minimum absolute atomic E-state index is 0.214. The molecule has 1 aromatic carbocycles. The fraction of sp³-hybridized carbons (Fsp3) is 0.154. The molecule has 1 N–H and O–H groups in total. The van der Waals surface area contributed by atoms with Crippen LogP contribution in [0.15, 0.2) is 41.0 Å². The average molecular weight is 331 g/mol. The maximum absolute atomic E-state index is 13.1. The van der Waals surface area contributed by atoms with E-state index in [-0.39, 0.29) is 12.2 Å². The van der Waals surface area contributed by atoms with Crippen LogP contribution in [0, 0.1) is 5.82 Å². The molecule has 0 aliphatic rings. The standard InChI is InChI=1S/C13H10BrClFNO/c14-10-2-1-5-17-13(10)12(18)7-8-6-9(16)3-4-11(8)15/h1-6,12,18H,7H2.